The molecule has 2 aromatic carbocycles. The highest BCUT2D eigenvalue weighted by Gasteiger charge is 2.35. The molecule has 3 aromatic rings. The van der Waals surface area contributed by atoms with Crippen molar-refractivity contribution in [1.29, 1.82) is 0 Å². The van der Waals surface area contributed by atoms with Gasteiger partial charge in [0.25, 0.3) is 0 Å². The second kappa shape index (κ2) is 11.0. The van der Waals surface area contributed by atoms with E-state index in [1.54, 1.807) is 51.4 Å². The van der Waals surface area contributed by atoms with Crippen molar-refractivity contribution in [3.8, 4) is 11.1 Å². The van der Waals surface area contributed by atoms with Gasteiger partial charge in [0, 0.05) is 23.5 Å². The lowest BCUT2D eigenvalue weighted by Gasteiger charge is -2.28. The first-order chi connectivity index (χ1) is 17.2. The summed E-state index contributed by atoms with van der Waals surface area (Å²) in [4.78, 5) is 46.2. The number of Topliss-reactive ketones (excluding diaryl/α,β-unsaturated/α-hetero) is 1. The highest BCUT2D eigenvalue weighted by molar-refractivity contribution is 6.31. The lowest BCUT2D eigenvalue weighted by atomic mass is 10.0. The summed E-state index contributed by atoms with van der Waals surface area (Å²) in [6, 6.07) is 9.05. The number of ketones is 1. The van der Waals surface area contributed by atoms with E-state index in [0.29, 0.717) is 22.2 Å². The Bertz CT molecular complexity index is 1310. The minimum absolute atomic E-state index is 0.200. The number of nitrogens with zero attached hydrogens (tertiary/aromatic N) is 3. The van der Waals surface area contributed by atoms with Crippen molar-refractivity contribution in [1.82, 2.24) is 15.4 Å². The van der Waals surface area contributed by atoms with Gasteiger partial charge in [-0.1, -0.05) is 29.8 Å². The van der Waals surface area contributed by atoms with E-state index in [0.717, 1.165) is 12.1 Å². The summed E-state index contributed by atoms with van der Waals surface area (Å²) in [7, 11) is 0. The van der Waals surface area contributed by atoms with Crippen LogP contribution in [0.2, 0.25) is 5.02 Å². The molecule has 0 atom stereocenters. The van der Waals surface area contributed by atoms with Crippen molar-refractivity contribution in [2.24, 2.45) is 0 Å². The molecule has 3 rings (SSSR count). The monoisotopic (exact) mass is 534 g/mol. The fourth-order valence-corrected chi connectivity index (χ4v) is 3.35. The zero-order valence-corrected chi connectivity index (χ0v) is 20.7. The van der Waals surface area contributed by atoms with Crippen molar-refractivity contribution in [2.45, 2.75) is 39.0 Å². The highest BCUT2D eigenvalue weighted by atomic mass is 35.5. The summed E-state index contributed by atoms with van der Waals surface area (Å²) in [5, 5.41) is -0.0879. The molecule has 0 unspecified atom stereocenters. The Morgan fingerprint density at radius 2 is 1.68 bits per heavy atom. The van der Waals surface area contributed by atoms with Gasteiger partial charge in [-0.3, -0.25) is 15.0 Å². The van der Waals surface area contributed by atoms with Crippen LogP contribution in [0.5, 0.6) is 0 Å². The van der Waals surface area contributed by atoms with E-state index in [1.807, 2.05) is 0 Å². The van der Waals surface area contributed by atoms with Crippen molar-refractivity contribution in [3.05, 3.63) is 77.3 Å². The number of amides is 2. The van der Waals surface area contributed by atoms with E-state index in [4.69, 9.17) is 16.3 Å². The summed E-state index contributed by atoms with van der Waals surface area (Å²) >= 11 is 5.68. The van der Waals surface area contributed by atoms with Crippen LogP contribution in [0, 0.1) is 0 Å². The first-order valence-electron chi connectivity index (χ1n) is 10.8. The summed E-state index contributed by atoms with van der Waals surface area (Å²) < 4.78 is 45.4. The average molecular weight is 535 g/mol. The zero-order chi connectivity index (χ0) is 27.4. The SMILES string of the molecule is CC(C)(C)OC(=O)N(NC(=O)CC(=O)c1cccc(-c2cncnc2)c1)c1ccc(Cl)c(C(F)(F)F)c1. The number of anilines is 1. The molecule has 0 saturated heterocycles. The molecule has 0 fully saturated rings. The number of alkyl halides is 3. The Morgan fingerprint density at radius 1 is 1.00 bits per heavy atom. The summed E-state index contributed by atoms with van der Waals surface area (Å²) in [5.74, 6) is -1.54. The third-order valence-corrected chi connectivity index (χ3v) is 5.06. The molecule has 0 aliphatic carbocycles. The highest BCUT2D eigenvalue weighted by Crippen LogP contribution is 2.37. The number of carbonyl (C=O) groups excluding carboxylic acids is 3. The molecule has 0 spiro atoms. The van der Waals surface area contributed by atoms with Crippen LogP contribution in [0.1, 0.15) is 43.1 Å². The van der Waals surface area contributed by atoms with E-state index in [-0.39, 0.29) is 11.3 Å². The molecular weight excluding hydrogens is 513 g/mol. The van der Waals surface area contributed by atoms with Gasteiger partial charge in [0.2, 0.25) is 5.91 Å². The first kappa shape index (κ1) is 27.6. The fraction of sp³-hybridized carbons (Fsp3) is 0.240. The molecule has 37 heavy (non-hydrogen) atoms. The van der Waals surface area contributed by atoms with Gasteiger partial charge in [0.05, 0.1) is 22.7 Å². The van der Waals surface area contributed by atoms with Crippen LogP contribution < -0.4 is 10.4 Å². The van der Waals surface area contributed by atoms with Crippen LogP contribution in [0.25, 0.3) is 11.1 Å². The number of hydrazine groups is 1. The van der Waals surface area contributed by atoms with Gasteiger partial charge in [0.15, 0.2) is 5.78 Å². The lowest BCUT2D eigenvalue weighted by molar-refractivity contribution is -0.137. The van der Waals surface area contributed by atoms with Crippen LogP contribution in [-0.4, -0.2) is 33.4 Å². The Balaban J connectivity index is 1.84. The maximum absolute atomic E-state index is 13.4. The van der Waals surface area contributed by atoms with E-state index >= 15 is 0 Å². The molecule has 2 amide bonds. The Morgan fingerprint density at radius 3 is 2.30 bits per heavy atom. The number of hydrogen-bond acceptors (Lipinski definition) is 6. The normalized spacial score (nSPS) is 11.5. The number of halogens is 4. The summed E-state index contributed by atoms with van der Waals surface area (Å²) in [6.45, 7) is 4.63. The fourth-order valence-electron chi connectivity index (χ4n) is 3.13. The van der Waals surface area contributed by atoms with Crippen molar-refractivity contribution < 1.29 is 32.3 Å². The van der Waals surface area contributed by atoms with Crippen molar-refractivity contribution in [3.63, 3.8) is 0 Å². The molecule has 0 bridgehead atoms. The van der Waals surface area contributed by atoms with Crippen molar-refractivity contribution >= 4 is 35.1 Å². The van der Waals surface area contributed by atoms with Gasteiger partial charge in [0.1, 0.15) is 11.9 Å². The van der Waals surface area contributed by atoms with Crippen LogP contribution in [-0.2, 0) is 15.7 Å². The lowest BCUT2D eigenvalue weighted by Crippen LogP contribution is -2.49. The molecule has 1 aromatic heterocycles. The minimum Gasteiger partial charge on any atom is -0.442 e. The number of hydrogen-bond donors (Lipinski definition) is 1. The predicted molar refractivity (Wildman–Crippen MR) is 130 cm³/mol. The van der Waals surface area contributed by atoms with Gasteiger partial charge >= 0.3 is 12.3 Å². The molecule has 12 heteroatoms. The molecule has 0 aliphatic rings. The van der Waals surface area contributed by atoms with Crippen LogP contribution in [0.15, 0.2) is 61.2 Å². The molecule has 1 N–H and O–H groups in total. The van der Waals surface area contributed by atoms with E-state index in [1.165, 1.54) is 12.4 Å². The molecule has 0 saturated carbocycles. The topological polar surface area (TPSA) is 101 Å². The molecule has 8 nitrogen and oxygen atoms in total. The number of aromatic nitrogens is 2. The van der Waals surface area contributed by atoms with Gasteiger partial charge in [-0.15, -0.1) is 0 Å². The number of benzene rings is 2. The maximum atomic E-state index is 13.4. The molecular formula is C25H22ClF3N4O4. The smallest absolute Gasteiger partial charge is 0.434 e. The zero-order valence-electron chi connectivity index (χ0n) is 20.0. The summed E-state index contributed by atoms with van der Waals surface area (Å²) in [5.41, 5.74) is 1.06. The number of ether oxygens (including phenoxy) is 1. The number of rotatable bonds is 5. The molecule has 1 heterocycles. The Hall–Kier alpha value is -3.99. The van der Waals surface area contributed by atoms with Gasteiger partial charge in [-0.05, 0) is 50.6 Å². The van der Waals surface area contributed by atoms with E-state index in [2.05, 4.69) is 15.4 Å². The average Bonchev–Trinajstić information content (AvgIpc) is 2.82. The predicted octanol–water partition coefficient (Wildman–Crippen LogP) is 5.86. The standard InChI is InChI=1S/C25H22ClF3N4O4/c1-24(2,3)37-23(36)33(18-7-8-20(26)19(10-18)25(27,28)29)32-22(35)11-21(34)16-6-4-5-15(9-16)17-12-30-14-31-13-17/h4-10,12-14H,11H2,1-3H3,(H,32,35). The Kier molecular flexibility index (Phi) is 8.17. The molecule has 0 aliphatic heterocycles. The van der Waals surface area contributed by atoms with Gasteiger partial charge in [-0.2, -0.15) is 18.2 Å². The maximum Gasteiger partial charge on any atom is 0.434 e. The number of carbonyl (C=O) groups is 3. The van der Waals surface area contributed by atoms with Crippen LogP contribution in [0.3, 0.4) is 0 Å². The van der Waals surface area contributed by atoms with Gasteiger partial charge in [-0.25, -0.2) is 14.8 Å². The molecule has 194 valence electrons. The minimum atomic E-state index is -4.82. The second-order valence-corrected chi connectivity index (χ2v) is 9.23. The van der Waals surface area contributed by atoms with Crippen LogP contribution in [0.4, 0.5) is 23.7 Å². The van der Waals surface area contributed by atoms with Gasteiger partial charge < -0.3 is 4.74 Å². The van der Waals surface area contributed by atoms with E-state index in [9.17, 15) is 27.6 Å². The Labute approximate surface area is 215 Å². The van der Waals surface area contributed by atoms with Crippen LogP contribution >= 0.6 is 11.6 Å². The summed E-state index contributed by atoms with van der Waals surface area (Å²) in [6.07, 6.45) is -2.20. The second-order valence-electron chi connectivity index (χ2n) is 8.82. The van der Waals surface area contributed by atoms with Crippen molar-refractivity contribution in [2.75, 3.05) is 5.01 Å². The van der Waals surface area contributed by atoms with E-state index < -0.39 is 46.6 Å². The largest absolute Gasteiger partial charge is 0.442 e. The third kappa shape index (κ3) is 7.50. The number of nitrogens with one attached hydrogen (secondary N) is 1. The first-order valence-corrected chi connectivity index (χ1v) is 11.2. The third-order valence-electron chi connectivity index (χ3n) is 4.73. The molecule has 0 radical (unpaired) electrons. The quantitative estimate of drug-likeness (QED) is 0.250.